The number of nitrogens with zero attached hydrogens (tertiary/aromatic N) is 3. The summed E-state index contributed by atoms with van der Waals surface area (Å²) in [5, 5.41) is 12.1. The summed E-state index contributed by atoms with van der Waals surface area (Å²) in [5.74, 6) is -10.3. The molecule has 136 valence electrons. The Bertz CT molecular complexity index is 830. The van der Waals surface area contributed by atoms with E-state index < -0.39 is 34.8 Å². The van der Waals surface area contributed by atoms with E-state index in [4.69, 9.17) is 5.26 Å². The topological polar surface area (TPSA) is 51.4 Å². The van der Waals surface area contributed by atoms with Gasteiger partial charge in [0.25, 0.3) is 0 Å². The van der Waals surface area contributed by atoms with E-state index >= 15 is 0 Å². The minimum atomic E-state index is -2.23. The molecule has 1 N–H and O–H groups in total. The number of hydrogen-bond donors (Lipinski definition) is 1. The zero-order chi connectivity index (χ0) is 19.3. The SMILES string of the molecule is CN(CCC#N)c1ccc(/C=N\Nc2c(F)c(F)c(F)c(F)c2F)cc1. The molecule has 0 aliphatic rings. The summed E-state index contributed by atoms with van der Waals surface area (Å²) in [7, 11) is 1.81. The van der Waals surface area contributed by atoms with Crippen LogP contribution in [0.3, 0.4) is 0 Å². The van der Waals surface area contributed by atoms with Gasteiger partial charge < -0.3 is 4.90 Å². The average molecular weight is 368 g/mol. The van der Waals surface area contributed by atoms with E-state index in [-0.39, 0.29) is 0 Å². The maximum absolute atomic E-state index is 13.5. The molecule has 2 aromatic carbocycles. The number of hydrogen-bond acceptors (Lipinski definition) is 4. The van der Waals surface area contributed by atoms with Crippen molar-refractivity contribution in [2.24, 2.45) is 5.10 Å². The van der Waals surface area contributed by atoms with E-state index in [0.717, 1.165) is 11.9 Å². The summed E-state index contributed by atoms with van der Waals surface area (Å²) in [6, 6.07) is 8.78. The molecule has 0 amide bonds. The lowest BCUT2D eigenvalue weighted by molar-refractivity contribution is 0.381. The largest absolute Gasteiger partial charge is 0.374 e. The molecule has 0 heterocycles. The third-order valence-electron chi connectivity index (χ3n) is 3.49. The minimum Gasteiger partial charge on any atom is -0.374 e. The van der Waals surface area contributed by atoms with Gasteiger partial charge in [-0.1, -0.05) is 12.1 Å². The molecule has 9 heteroatoms. The molecule has 0 bridgehead atoms. The molecule has 0 aromatic heterocycles. The lowest BCUT2D eigenvalue weighted by Crippen LogP contribution is -2.17. The second kappa shape index (κ2) is 8.29. The molecule has 0 aliphatic carbocycles. The number of nitrogens with one attached hydrogen (secondary N) is 1. The number of hydrazone groups is 1. The maximum atomic E-state index is 13.5. The summed E-state index contributed by atoms with van der Waals surface area (Å²) in [6.07, 6.45) is 1.53. The highest BCUT2D eigenvalue weighted by Crippen LogP contribution is 2.27. The van der Waals surface area contributed by atoms with E-state index in [2.05, 4.69) is 5.10 Å². The molecule has 26 heavy (non-hydrogen) atoms. The van der Waals surface area contributed by atoms with Crippen molar-refractivity contribution < 1.29 is 22.0 Å². The monoisotopic (exact) mass is 368 g/mol. The molecular formula is C17H13F5N4. The van der Waals surface area contributed by atoms with Crippen molar-refractivity contribution in [2.45, 2.75) is 6.42 Å². The summed E-state index contributed by atoms with van der Waals surface area (Å²) in [5.41, 5.74) is 1.96. The fourth-order valence-corrected chi connectivity index (χ4v) is 2.04. The Kier molecular flexibility index (Phi) is 6.11. The molecule has 0 saturated carbocycles. The Hall–Kier alpha value is -3.15. The zero-order valence-electron chi connectivity index (χ0n) is 13.5. The lowest BCUT2D eigenvalue weighted by atomic mass is 10.2. The Labute approximate surface area is 146 Å². The first kappa shape index (κ1) is 19.2. The number of nitriles is 1. The molecule has 0 fully saturated rings. The molecule has 4 nitrogen and oxygen atoms in total. The van der Waals surface area contributed by atoms with Crippen molar-refractivity contribution in [2.75, 3.05) is 23.9 Å². The van der Waals surface area contributed by atoms with Crippen LogP contribution in [0.2, 0.25) is 0 Å². The van der Waals surface area contributed by atoms with E-state index in [1.807, 2.05) is 23.4 Å². The van der Waals surface area contributed by atoms with Crippen molar-refractivity contribution in [3.8, 4) is 6.07 Å². The van der Waals surface area contributed by atoms with Crippen molar-refractivity contribution in [1.82, 2.24) is 0 Å². The van der Waals surface area contributed by atoms with E-state index in [1.54, 1.807) is 24.3 Å². The fourth-order valence-electron chi connectivity index (χ4n) is 2.04. The van der Waals surface area contributed by atoms with Gasteiger partial charge in [0.15, 0.2) is 23.3 Å². The lowest BCUT2D eigenvalue weighted by Gasteiger charge is -2.17. The van der Waals surface area contributed by atoms with Crippen molar-refractivity contribution in [1.29, 1.82) is 5.26 Å². The van der Waals surface area contributed by atoms with Gasteiger partial charge in [0.1, 0.15) is 5.69 Å². The second-order valence-corrected chi connectivity index (χ2v) is 5.24. The van der Waals surface area contributed by atoms with Crippen LogP contribution >= 0.6 is 0 Å². The van der Waals surface area contributed by atoms with Crippen LogP contribution in [0.4, 0.5) is 33.3 Å². The minimum absolute atomic E-state index is 0.367. The first-order chi connectivity index (χ1) is 12.4. The smallest absolute Gasteiger partial charge is 0.200 e. The highest BCUT2D eigenvalue weighted by Gasteiger charge is 2.25. The van der Waals surface area contributed by atoms with Crippen LogP contribution in [0, 0.1) is 40.4 Å². The molecule has 2 aromatic rings. The van der Waals surface area contributed by atoms with Gasteiger partial charge in [0.05, 0.1) is 18.7 Å². The molecular weight excluding hydrogens is 355 g/mol. The Balaban J connectivity index is 2.11. The third kappa shape index (κ3) is 4.08. The Morgan fingerprint density at radius 1 is 1.00 bits per heavy atom. The molecule has 0 unspecified atom stereocenters. The van der Waals surface area contributed by atoms with Crippen LogP contribution < -0.4 is 10.3 Å². The predicted octanol–water partition coefficient (Wildman–Crippen LogP) is 4.18. The van der Waals surface area contributed by atoms with Crippen LogP contribution in [0.25, 0.3) is 0 Å². The molecule has 2 rings (SSSR count). The number of halogens is 5. The highest BCUT2D eigenvalue weighted by atomic mass is 19.2. The van der Waals surface area contributed by atoms with Gasteiger partial charge in [-0.3, -0.25) is 5.43 Å². The van der Waals surface area contributed by atoms with Crippen LogP contribution in [-0.4, -0.2) is 19.8 Å². The van der Waals surface area contributed by atoms with Crippen LogP contribution in [0.5, 0.6) is 0 Å². The fraction of sp³-hybridized carbons (Fsp3) is 0.176. The summed E-state index contributed by atoms with van der Waals surface area (Å²) < 4.78 is 66.1. The number of benzene rings is 2. The van der Waals surface area contributed by atoms with Gasteiger partial charge in [0.2, 0.25) is 5.82 Å². The van der Waals surface area contributed by atoms with Gasteiger partial charge in [0, 0.05) is 19.3 Å². The van der Waals surface area contributed by atoms with E-state index in [9.17, 15) is 22.0 Å². The molecule has 0 spiro atoms. The summed E-state index contributed by atoms with van der Waals surface area (Å²) in [4.78, 5) is 1.86. The van der Waals surface area contributed by atoms with Gasteiger partial charge in [-0.05, 0) is 17.7 Å². The average Bonchev–Trinajstić information content (AvgIpc) is 2.66. The van der Waals surface area contributed by atoms with E-state index in [1.165, 1.54) is 0 Å². The molecule has 0 atom stereocenters. The van der Waals surface area contributed by atoms with E-state index in [0.29, 0.717) is 18.5 Å². The van der Waals surface area contributed by atoms with Gasteiger partial charge >= 0.3 is 0 Å². The van der Waals surface area contributed by atoms with Crippen LogP contribution in [0.1, 0.15) is 12.0 Å². The molecule has 0 aliphatic heterocycles. The normalized spacial score (nSPS) is 10.8. The zero-order valence-corrected chi connectivity index (χ0v) is 13.5. The van der Waals surface area contributed by atoms with Crippen molar-refractivity contribution >= 4 is 17.6 Å². The molecule has 0 radical (unpaired) electrons. The predicted molar refractivity (Wildman–Crippen MR) is 87.4 cm³/mol. The first-order valence-electron chi connectivity index (χ1n) is 7.35. The van der Waals surface area contributed by atoms with Crippen LogP contribution in [0.15, 0.2) is 29.4 Å². The quantitative estimate of drug-likeness (QED) is 0.274. The first-order valence-corrected chi connectivity index (χ1v) is 7.35. The van der Waals surface area contributed by atoms with Gasteiger partial charge in [-0.25, -0.2) is 22.0 Å². The number of anilines is 2. The third-order valence-corrected chi connectivity index (χ3v) is 3.49. The highest BCUT2D eigenvalue weighted by molar-refractivity contribution is 5.81. The second-order valence-electron chi connectivity index (χ2n) is 5.24. The number of rotatable bonds is 6. The standard InChI is InChI=1S/C17H13F5N4/c1-26(8-2-7-23)11-5-3-10(4-6-11)9-24-25-17-15(21)13(19)12(18)14(20)16(17)22/h3-6,9,25H,2,8H2,1H3/b24-9-. The summed E-state index contributed by atoms with van der Waals surface area (Å²) in [6.45, 7) is 0.547. The van der Waals surface area contributed by atoms with Crippen molar-refractivity contribution in [3.05, 3.63) is 58.9 Å². The summed E-state index contributed by atoms with van der Waals surface area (Å²) >= 11 is 0. The van der Waals surface area contributed by atoms with Gasteiger partial charge in [-0.2, -0.15) is 10.4 Å². The van der Waals surface area contributed by atoms with Crippen LogP contribution in [-0.2, 0) is 0 Å². The Morgan fingerprint density at radius 2 is 1.54 bits per heavy atom. The maximum Gasteiger partial charge on any atom is 0.200 e. The Morgan fingerprint density at radius 3 is 2.08 bits per heavy atom. The molecule has 0 saturated heterocycles. The van der Waals surface area contributed by atoms with Gasteiger partial charge in [-0.15, -0.1) is 0 Å². The van der Waals surface area contributed by atoms with Crippen molar-refractivity contribution in [3.63, 3.8) is 0 Å².